The van der Waals surface area contributed by atoms with Gasteiger partial charge in [-0.3, -0.25) is 9.89 Å². The van der Waals surface area contributed by atoms with Gasteiger partial charge in [-0.15, -0.1) is 12.4 Å². The second-order valence-electron chi connectivity index (χ2n) is 6.95. The van der Waals surface area contributed by atoms with Crippen LogP contribution in [-0.2, 0) is 19.5 Å². The normalized spacial score (nSPS) is 17.1. The Morgan fingerprint density at radius 2 is 2.07 bits per heavy atom. The molecule has 8 nitrogen and oxygen atoms in total. The maximum atomic E-state index is 12.4. The molecular weight excluding hydrogens is 366 g/mol. The van der Waals surface area contributed by atoms with Gasteiger partial charge in [0.05, 0.1) is 0 Å². The van der Waals surface area contributed by atoms with Crippen LogP contribution in [0.25, 0.3) is 0 Å². The number of halogens is 1. The lowest BCUT2D eigenvalue weighted by molar-refractivity contribution is 0.0944. The number of anilines is 1. The Bertz CT molecular complexity index is 769. The van der Waals surface area contributed by atoms with Crippen molar-refractivity contribution in [3.63, 3.8) is 0 Å². The molecule has 0 unspecified atom stereocenters. The van der Waals surface area contributed by atoms with Gasteiger partial charge in [0.1, 0.15) is 5.82 Å². The van der Waals surface area contributed by atoms with E-state index in [9.17, 15) is 4.79 Å². The number of amides is 1. The number of rotatable bonds is 4. The molecule has 1 saturated heterocycles. The molecule has 0 saturated carbocycles. The molecule has 3 N–H and O–H groups in total. The number of aromatic nitrogens is 3. The van der Waals surface area contributed by atoms with Gasteiger partial charge in [-0.25, -0.2) is 4.98 Å². The van der Waals surface area contributed by atoms with Gasteiger partial charge in [0.15, 0.2) is 5.69 Å². The van der Waals surface area contributed by atoms with E-state index < -0.39 is 0 Å². The molecule has 2 aliphatic rings. The van der Waals surface area contributed by atoms with Crippen molar-refractivity contribution in [1.82, 2.24) is 30.7 Å². The second kappa shape index (κ2) is 8.69. The molecule has 4 rings (SSSR count). The molecule has 0 bridgehead atoms. The molecule has 0 spiro atoms. The van der Waals surface area contributed by atoms with Gasteiger partial charge in [-0.2, -0.15) is 5.10 Å². The topological polar surface area (TPSA) is 89.2 Å². The molecule has 2 aliphatic heterocycles. The van der Waals surface area contributed by atoms with Crippen molar-refractivity contribution in [1.29, 1.82) is 0 Å². The summed E-state index contributed by atoms with van der Waals surface area (Å²) in [6.45, 7) is 6.17. The van der Waals surface area contributed by atoms with Crippen LogP contribution in [0, 0.1) is 0 Å². The highest BCUT2D eigenvalue weighted by molar-refractivity contribution is 5.94. The fraction of sp³-hybridized carbons (Fsp3) is 0.500. The van der Waals surface area contributed by atoms with Crippen LogP contribution in [0.2, 0.25) is 0 Å². The summed E-state index contributed by atoms with van der Waals surface area (Å²) in [6, 6.07) is 4.07. The van der Waals surface area contributed by atoms with Crippen molar-refractivity contribution in [2.45, 2.75) is 19.5 Å². The Morgan fingerprint density at radius 1 is 1.26 bits per heavy atom. The molecule has 1 amide bonds. The van der Waals surface area contributed by atoms with E-state index in [1.165, 1.54) is 0 Å². The quantitative estimate of drug-likeness (QED) is 0.705. The smallest absolute Gasteiger partial charge is 0.272 e. The molecule has 4 heterocycles. The largest absolute Gasteiger partial charge is 0.354 e. The fourth-order valence-electron chi connectivity index (χ4n) is 3.42. The lowest BCUT2D eigenvalue weighted by Gasteiger charge is -2.33. The minimum absolute atomic E-state index is 0. The maximum absolute atomic E-state index is 12.4. The van der Waals surface area contributed by atoms with E-state index in [0.717, 1.165) is 61.8 Å². The number of hydrogen-bond donors (Lipinski definition) is 3. The lowest BCUT2D eigenvalue weighted by atomic mass is 10.1. The van der Waals surface area contributed by atoms with Crippen molar-refractivity contribution < 1.29 is 4.79 Å². The van der Waals surface area contributed by atoms with Crippen LogP contribution in [0.1, 0.15) is 27.3 Å². The zero-order chi connectivity index (χ0) is 17.9. The zero-order valence-electron chi connectivity index (χ0n) is 15.5. The van der Waals surface area contributed by atoms with E-state index >= 15 is 0 Å². The van der Waals surface area contributed by atoms with Crippen LogP contribution >= 0.6 is 12.4 Å². The molecule has 146 valence electrons. The number of nitrogens with zero attached hydrogens (tertiary/aromatic N) is 4. The summed E-state index contributed by atoms with van der Waals surface area (Å²) in [5.74, 6) is 0.856. The van der Waals surface area contributed by atoms with Gasteiger partial charge < -0.3 is 20.4 Å². The second-order valence-corrected chi connectivity index (χ2v) is 6.95. The lowest BCUT2D eigenvalue weighted by Crippen LogP contribution is -2.44. The first kappa shape index (κ1) is 19.6. The summed E-state index contributed by atoms with van der Waals surface area (Å²) >= 11 is 0. The van der Waals surface area contributed by atoms with Crippen LogP contribution in [0.15, 0.2) is 18.3 Å². The Balaban J connectivity index is 0.00000210. The van der Waals surface area contributed by atoms with Gasteiger partial charge >= 0.3 is 0 Å². The van der Waals surface area contributed by atoms with Gasteiger partial charge in [0.25, 0.3) is 5.91 Å². The molecule has 0 radical (unpaired) electrons. The molecule has 27 heavy (non-hydrogen) atoms. The van der Waals surface area contributed by atoms with Crippen LogP contribution in [0.4, 0.5) is 5.82 Å². The molecule has 9 heteroatoms. The van der Waals surface area contributed by atoms with Crippen LogP contribution in [0.3, 0.4) is 0 Å². The zero-order valence-corrected chi connectivity index (χ0v) is 16.3. The summed E-state index contributed by atoms with van der Waals surface area (Å²) < 4.78 is 0. The van der Waals surface area contributed by atoms with Crippen molar-refractivity contribution in [2.75, 3.05) is 44.7 Å². The molecule has 1 fully saturated rings. The van der Waals surface area contributed by atoms with Crippen molar-refractivity contribution in [3.8, 4) is 0 Å². The van der Waals surface area contributed by atoms with Gasteiger partial charge in [-0.1, -0.05) is 6.07 Å². The van der Waals surface area contributed by atoms with Gasteiger partial charge in [0.2, 0.25) is 0 Å². The molecule has 0 aromatic carbocycles. The van der Waals surface area contributed by atoms with E-state index in [1.807, 2.05) is 18.3 Å². The average Bonchev–Trinajstić information content (AvgIpc) is 3.11. The number of aromatic amines is 1. The third kappa shape index (κ3) is 4.40. The molecule has 2 aromatic heterocycles. The molecular formula is C18H26ClN7O. The number of likely N-dealkylation sites (N-methyl/N-ethyl adjacent to an activating group) is 1. The number of piperazine rings is 1. The first-order valence-corrected chi connectivity index (χ1v) is 9.14. The minimum atomic E-state index is -0.144. The predicted octanol–water partition coefficient (Wildman–Crippen LogP) is 0.554. The van der Waals surface area contributed by atoms with Crippen molar-refractivity contribution in [3.05, 3.63) is 40.8 Å². The Kier molecular flexibility index (Phi) is 6.30. The number of H-pyrrole nitrogens is 1. The average molecular weight is 392 g/mol. The number of fused-ring (bicyclic) bond motifs is 1. The number of pyridine rings is 1. The summed E-state index contributed by atoms with van der Waals surface area (Å²) in [5, 5.41) is 13.4. The third-order valence-electron chi connectivity index (χ3n) is 5.11. The van der Waals surface area contributed by atoms with E-state index in [2.05, 4.69) is 42.7 Å². The number of nitrogens with one attached hydrogen (secondary N) is 3. The van der Waals surface area contributed by atoms with E-state index in [0.29, 0.717) is 18.8 Å². The maximum Gasteiger partial charge on any atom is 0.272 e. The third-order valence-corrected chi connectivity index (χ3v) is 5.11. The SMILES string of the molecule is CN1CCN(c2ccc(CNC(=O)c3n[nH]c4c3CNCC4)cn2)CC1.Cl. The highest BCUT2D eigenvalue weighted by Gasteiger charge is 2.21. The minimum Gasteiger partial charge on any atom is -0.354 e. The van der Waals surface area contributed by atoms with Gasteiger partial charge in [-0.05, 0) is 18.7 Å². The Labute approximate surface area is 165 Å². The highest BCUT2D eigenvalue weighted by atomic mass is 35.5. The summed E-state index contributed by atoms with van der Waals surface area (Å²) in [7, 11) is 2.14. The summed E-state index contributed by atoms with van der Waals surface area (Å²) in [4.78, 5) is 21.6. The molecule has 0 aliphatic carbocycles. The van der Waals surface area contributed by atoms with Crippen molar-refractivity contribution >= 4 is 24.1 Å². The monoisotopic (exact) mass is 391 g/mol. The van der Waals surface area contributed by atoms with E-state index in [4.69, 9.17) is 0 Å². The Morgan fingerprint density at radius 3 is 2.81 bits per heavy atom. The highest BCUT2D eigenvalue weighted by Crippen LogP contribution is 2.16. The van der Waals surface area contributed by atoms with E-state index in [1.54, 1.807) is 0 Å². The first-order chi connectivity index (χ1) is 12.7. The molecule has 2 aromatic rings. The molecule has 0 atom stereocenters. The van der Waals surface area contributed by atoms with Gasteiger partial charge in [0, 0.05) is 69.7 Å². The van der Waals surface area contributed by atoms with Crippen LogP contribution in [-0.4, -0.2) is 65.8 Å². The predicted molar refractivity (Wildman–Crippen MR) is 106 cm³/mol. The number of carbonyl (C=O) groups is 1. The number of hydrogen-bond acceptors (Lipinski definition) is 6. The van der Waals surface area contributed by atoms with Crippen molar-refractivity contribution in [2.24, 2.45) is 0 Å². The fourth-order valence-corrected chi connectivity index (χ4v) is 3.42. The van der Waals surface area contributed by atoms with Crippen LogP contribution < -0.4 is 15.5 Å². The van der Waals surface area contributed by atoms with Crippen LogP contribution in [0.5, 0.6) is 0 Å². The number of carbonyl (C=O) groups excluding carboxylic acids is 1. The summed E-state index contributed by atoms with van der Waals surface area (Å²) in [5.41, 5.74) is 3.53. The standard InChI is InChI=1S/C18H25N7O.ClH/c1-24-6-8-25(9-7-24)16-3-2-13(10-20-16)11-21-18(26)17-14-12-19-5-4-15(14)22-23-17;/h2-3,10,19H,4-9,11-12H2,1H3,(H,21,26)(H,22,23);1H. The Hall–Kier alpha value is -2.16. The van der Waals surface area contributed by atoms with E-state index in [-0.39, 0.29) is 18.3 Å². The summed E-state index contributed by atoms with van der Waals surface area (Å²) in [6.07, 6.45) is 2.72. The first-order valence-electron chi connectivity index (χ1n) is 9.14.